The van der Waals surface area contributed by atoms with Crippen molar-refractivity contribution in [1.82, 2.24) is 10.2 Å². The molecule has 2 fully saturated rings. The minimum atomic E-state index is 0.867. The molecule has 21 heavy (non-hydrogen) atoms. The molecule has 4 heteroatoms. The molecule has 0 saturated carbocycles. The normalized spacial score (nSPS) is 20.7. The van der Waals surface area contributed by atoms with Gasteiger partial charge >= 0.3 is 0 Å². The highest BCUT2D eigenvalue weighted by Gasteiger charge is 2.16. The fraction of sp³-hybridized carbons (Fsp3) is 0.647. The summed E-state index contributed by atoms with van der Waals surface area (Å²) in [6.07, 6.45) is 5.12. The number of nitrogens with zero attached hydrogens (tertiary/aromatic N) is 2. The maximum Gasteiger partial charge on any atom is 0.0410 e. The van der Waals surface area contributed by atoms with Gasteiger partial charge in [-0.3, -0.25) is 0 Å². The molecule has 0 atom stereocenters. The lowest BCUT2D eigenvalue weighted by Crippen LogP contribution is -2.44. The summed E-state index contributed by atoms with van der Waals surface area (Å²) in [6.45, 7) is 8.11. The SMILES string of the molecule is Clc1ccc(N2CCCCC2)c(CCN2CCNCC2)c1. The molecule has 0 spiro atoms. The number of piperidine rings is 1. The third-order valence-electron chi connectivity index (χ3n) is 4.65. The van der Waals surface area contributed by atoms with Gasteiger partial charge in [-0.1, -0.05) is 11.6 Å². The summed E-state index contributed by atoms with van der Waals surface area (Å²) in [5.74, 6) is 0. The van der Waals surface area contributed by atoms with E-state index in [9.17, 15) is 0 Å². The Balaban J connectivity index is 1.68. The van der Waals surface area contributed by atoms with Crippen LogP contribution >= 0.6 is 11.6 Å². The number of nitrogens with one attached hydrogen (secondary N) is 1. The maximum absolute atomic E-state index is 6.24. The Hall–Kier alpha value is -0.770. The van der Waals surface area contributed by atoms with Crippen LogP contribution in [-0.2, 0) is 6.42 Å². The van der Waals surface area contributed by atoms with Crippen LogP contribution in [0, 0.1) is 0 Å². The lowest BCUT2D eigenvalue weighted by molar-refractivity contribution is 0.244. The van der Waals surface area contributed by atoms with E-state index in [-0.39, 0.29) is 0 Å². The van der Waals surface area contributed by atoms with Gasteiger partial charge in [-0.25, -0.2) is 0 Å². The first-order chi connectivity index (χ1) is 10.3. The summed E-state index contributed by atoms with van der Waals surface area (Å²) in [7, 11) is 0. The Bertz CT molecular complexity index is 451. The number of hydrogen-bond donors (Lipinski definition) is 1. The molecule has 0 radical (unpaired) electrons. The summed E-state index contributed by atoms with van der Waals surface area (Å²) in [5, 5.41) is 4.28. The predicted molar refractivity (Wildman–Crippen MR) is 90.5 cm³/mol. The quantitative estimate of drug-likeness (QED) is 0.923. The molecule has 3 rings (SSSR count). The molecule has 1 aromatic rings. The molecule has 2 heterocycles. The van der Waals surface area contributed by atoms with Gasteiger partial charge in [-0.05, 0) is 49.4 Å². The Morgan fingerprint density at radius 3 is 2.52 bits per heavy atom. The molecule has 2 saturated heterocycles. The molecule has 116 valence electrons. The topological polar surface area (TPSA) is 18.5 Å². The molecule has 2 aliphatic heterocycles. The van der Waals surface area contributed by atoms with Crippen molar-refractivity contribution in [3.05, 3.63) is 28.8 Å². The third kappa shape index (κ3) is 4.12. The van der Waals surface area contributed by atoms with E-state index in [0.29, 0.717) is 0 Å². The Morgan fingerprint density at radius 1 is 1.00 bits per heavy atom. The average Bonchev–Trinajstić information content (AvgIpc) is 2.55. The zero-order chi connectivity index (χ0) is 14.5. The zero-order valence-corrected chi connectivity index (χ0v) is 13.5. The Kier molecular flexibility index (Phi) is 5.39. The van der Waals surface area contributed by atoms with Crippen molar-refractivity contribution < 1.29 is 0 Å². The molecule has 2 aliphatic rings. The molecular formula is C17H26ClN3. The number of anilines is 1. The first kappa shape index (κ1) is 15.1. The molecule has 0 aliphatic carbocycles. The summed E-state index contributed by atoms with van der Waals surface area (Å²) >= 11 is 6.24. The summed E-state index contributed by atoms with van der Waals surface area (Å²) in [6, 6.07) is 6.44. The van der Waals surface area contributed by atoms with Gasteiger partial charge in [0.1, 0.15) is 0 Å². The van der Waals surface area contributed by atoms with Gasteiger partial charge in [-0.2, -0.15) is 0 Å². The van der Waals surface area contributed by atoms with Crippen molar-refractivity contribution in [2.24, 2.45) is 0 Å². The van der Waals surface area contributed by atoms with Crippen molar-refractivity contribution in [2.75, 3.05) is 50.7 Å². The second-order valence-electron chi connectivity index (χ2n) is 6.16. The summed E-state index contributed by atoms with van der Waals surface area (Å²) in [4.78, 5) is 5.10. The van der Waals surface area contributed by atoms with Gasteiger partial charge in [0, 0.05) is 56.5 Å². The van der Waals surface area contributed by atoms with Crippen molar-refractivity contribution in [1.29, 1.82) is 0 Å². The monoisotopic (exact) mass is 307 g/mol. The average molecular weight is 308 g/mol. The van der Waals surface area contributed by atoms with Crippen molar-refractivity contribution in [2.45, 2.75) is 25.7 Å². The largest absolute Gasteiger partial charge is 0.371 e. The Labute approximate surface area is 133 Å². The van der Waals surface area contributed by atoms with Crippen LogP contribution in [-0.4, -0.2) is 50.7 Å². The molecule has 0 aromatic heterocycles. The highest BCUT2D eigenvalue weighted by Crippen LogP contribution is 2.27. The van der Waals surface area contributed by atoms with Gasteiger partial charge in [-0.15, -0.1) is 0 Å². The molecule has 0 bridgehead atoms. The van der Waals surface area contributed by atoms with Crippen LogP contribution in [0.5, 0.6) is 0 Å². The van der Waals surface area contributed by atoms with Crippen LogP contribution in [0.3, 0.4) is 0 Å². The molecule has 3 nitrogen and oxygen atoms in total. The highest BCUT2D eigenvalue weighted by atomic mass is 35.5. The second kappa shape index (κ2) is 7.48. The van der Waals surface area contributed by atoms with E-state index >= 15 is 0 Å². The molecular weight excluding hydrogens is 282 g/mol. The highest BCUT2D eigenvalue weighted by molar-refractivity contribution is 6.30. The molecule has 1 N–H and O–H groups in total. The van der Waals surface area contributed by atoms with Gasteiger partial charge in [0.2, 0.25) is 0 Å². The molecule has 1 aromatic carbocycles. The number of hydrogen-bond acceptors (Lipinski definition) is 3. The fourth-order valence-corrected chi connectivity index (χ4v) is 3.61. The van der Waals surface area contributed by atoms with Gasteiger partial charge in [0.05, 0.1) is 0 Å². The van der Waals surface area contributed by atoms with Crippen LogP contribution in [0.15, 0.2) is 18.2 Å². The van der Waals surface area contributed by atoms with E-state index in [2.05, 4.69) is 27.2 Å². The van der Waals surface area contributed by atoms with Crippen LogP contribution < -0.4 is 10.2 Å². The zero-order valence-electron chi connectivity index (χ0n) is 12.8. The first-order valence-corrected chi connectivity index (χ1v) is 8.67. The van der Waals surface area contributed by atoms with Gasteiger partial charge in [0.15, 0.2) is 0 Å². The summed E-state index contributed by atoms with van der Waals surface area (Å²) < 4.78 is 0. The van der Waals surface area contributed by atoms with Crippen molar-refractivity contribution in [3.63, 3.8) is 0 Å². The van der Waals surface area contributed by atoms with Crippen LogP contribution in [0.4, 0.5) is 5.69 Å². The number of halogens is 1. The van der Waals surface area contributed by atoms with Crippen LogP contribution in [0.2, 0.25) is 5.02 Å². The van der Waals surface area contributed by atoms with Gasteiger partial charge < -0.3 is 15.1 Å². The van der Waals surface area contributed by atoms with Gasteiger partial charge in [0.25, 0.3) is 0 Å². The standard InChI is InChI=1S/C17H26ClN3/c18-16-4-5-17(21-9-2-1-3-10-21)15(14-16)6-11-20-12-7-19-8-13-20/h4-5,14,19H,1-3,6-13H2. The lowest BCUT2D eigenvalue weighted by atomic mass is 10.0. The number of piperazine rings is 1. The summed E-state index contributed by atoms with van der Waals surface area (Å²) in [5.41, 5.74) is 2.83. The Morgan fingerprint density at radius 2 is 1.76 bits per heavy atom. The third-order valence-corrected chi connectivity index (χ3v) is 4.88. The second-order valence-corrected chi connectivity index (χ2v) is 6.60. The maximum atomic E-state index is 6.24. The predicted octanol–water partition coefficient (Wildman–Crippen LogP) is 2.78. The minimum Gasteiger partial charge on any atom is -0.371 e. The van der Waals surface area contributed by atoms with Crippen molar-refractivity contribution in [3.8, 4) is 0 Å². The van der Waals surface area contributed by atoms with E-state index < -0.39 is 0 Å². The lowest BCUT2D eigenvalue weighted by Gasteiger charge is -2.32. The number of rotatable bonds is 4. The molecule has 0 amide bonds. The fourth-order valence-electron chi connectivity index (χ4n) is 3.41. The van der Waals surface area contributed by atoms with Crippen LogP contribution in [0.25, 0.3) is 0 Å². The van der Waals surface area contributed by atoms with Crippen LogP contribution in [0.1, 0.15) is 24.8 Å². The van der Waals surface area contributed by atoms with E-state index in [4.69, 9.17) is 11.6 Å². The number of benzene rings is 1. The first-order valence-electron chi connectivity index (χ1n) is 8.29. The van der Waals surface area contributed by atoms with E-state index in [1.54, 1.807) is 0 Å². The van der Waals surface area contributed by atoms with E-state index in [0.717, 1.165) is 31.1 Å². The minimum absolute atomic E-state index is 0.867. The van der Waals surface area contributed by atoms with Crippen molar-refractivity contribution >= 4 is 17.3 Å². The molecule has 0 unspecified atom stereocenters. The smallest absolute Gasteiger partial charge is 0.0410 e. The van der Waals surface area contributed by atoms with E-state index in [1.165, 1.54) is 56.7 Å². The van der Waals surface area contributed by atoms with E-state index in [1.807, 2.05) is 6.07 Å².